The molecule has 1 N–H and O–H groups in total. The van der Waals surface area contributed by atoms with Crippen molar-refractivity contribution in [1.29, 1.82) is 0 Å². The minimum atomic E-state index is -0.0723. The zero-order valence-electron chi connectivity index (χ0n) is 7.80. The molecule has 1 saturated heterocycles. The Morgan fingerprint density at radius 2 is 2.50 bits per heavy atom. The topological polar surface area (TPSA) is 38.3 Å². The molecule has 0 radical (unpaired) electrons. The van der Waals surface area contributed by atoms with E-state index >= 15 is 0 Å². The molecule has 1 aliphatic rings. The molecule has 0 spiro atoms. The summed E-state index contributed by atoms with van der Waals surface area (Å²) in [5, 5.41) is 3.29. The van der Waals surface area contributed by atoms with E-state index in [1.54, 1.807) is 0 Å². The predicted molar refractivity (Wildman–Crippen MR) is 46.8 cm³/mol. The molecule has 0 aromatic carbocycles. The lowest BCUT2D eigenvalue weighted by Gasteiger charge is -2.17. The fraction of sp³-hybridized carbons (Fsp3) is 0.889. The van der Waals surface area contributed by atoms with Gasteiger partial charge in [0, 0.05) is 6.04 Å². The van der Waals surface area contributed by atoms with E-state index in [9.17, 15) is 4.79 Å². The third kappa shape index (κ3) is 2.21. The van der Waals surface area contributed by atoms with Gasteiger partial charge in [-0.15, -0.1) is 0 Å². The lowest BCUT2D eigenvalue weighted by atomic mass is 10.0. The second-order valence-corrected chi connectivity index (χ2v) is 3.24. The van der Waals surface area contributed by atoms with Gasteiger partial charge in [-0.2, -0.15) is 0 Å². The lowest BCUT2D eigenvalue weighted by Crippen LogP contribution is -2.34. The molecule has 1 fully saturated rings. The normalized spacial score (nSPS) is 25.3. The Hall–Kier alpha value is -0.570. The Morgan fingerprint density at radius 1 is 1.75 bits per heavy atom. The molecule has 3 heteroatoms. The van der Waals surface area contributed by atoms with Gasteiger partial charge in [0.2, 0.25) is 0 Å². The van der Waals surface area contributed by atoms with Gasteiger partial charge in [0.1, 0.15) is 0 Å². The van der Waals surface area contributed by atoms with Gasteiger partial charge in [-0.05, 0) is 26.3 Å². The molecule has 0 aromatic heterocycles. The molecule has 0 amide bonds. The summed E-state index contributed by atoms with van der Waals surface area (Å²) in [5.41, 5.74) is 0. The highest BCUT2D eigenvalue weighted by Crippen LogP contribution is 2.15. The lowest BCUT2D eigenvalue weighted by molar-refractivity contribution is -0.148. The summed E-state index contributed by atoms with van der Waals surface area (Å²) in [6.45, 7) is 5.29. The van der Waals surface area contributed by atoms with E-state index < -0.39 is 0 Å². The summed E-state index contributed by atoms with van der Waals surface area (Å²) in [6.07, 6.45) is 2.27. The van der Waals surface area contributed by atoms with E-state index in [0.29, 0.717) is 12.6 Å². The quantitative estimate of drug-likeness (QED) is 0.642. The largest absolute Gasteiger partial charge is 0.466 e. The Kier molecular flexibility index (Phi) is 3.53. The average molecular weight is 171 g/mol. The molecule has 0 bridgehead atoms. The van der Waals surface area contributed by atoms with E-state index in [0.717, 1.165) is 13.0 Å². The molecule has 3 nitrogen and oxygen atoms in total. The average Bonchev–Trinajstić information content (AvgIpc) is 2.55. The molecular formula is C9H17NO2. The number of carbonyl (C=O) groups excluding carboxylic acids is 1. The van der Waals surface area contributed by atoms with Crippen LogP contribution in [0.4, 0.5) is 0 Å². The fourth-order valence-electron chi connectivity index (χ4n) is 1.58. The summed E-state index contributed by atoms with van der Waals surface area (Å²) in [7, 11) is 0. The highest BCUT2D eigenvalue weighted by molar-refractivity contribution is 5.72. The molecule has 0 aliphatic carbocycles. The molecule has 0 aromatic rings. The molecule has 2 unspecified atom stereocenters. The van der Waals surface area contributed by atoms with E-state index in [1.165, 1.54) is 6.42 Å². The summed E-state index contributed by atoms with van der Waals surface area (Å²) in [4.78, 5) is 11.3. The maximum absolute atomic E-state index is 11.3. The summed E-state index contributed by atoms with van der Waals surface area (Å²) in [6, 6.07) is 0.337. The summed E-state index contributed by atoms with van der Waals surface area (Å²) >= 11 is 0. The van der Waals surface area contributed by atoms with Crippen molar-refractivity contribution in [2.45, 2.75) is 32.7 Å². The standard InChI is InChI=1S/C9H17NO2/c1-3-12-9(11)7(2)8-5-4-6-10-8/h7-8,10H,3-6H2,1-2H3. The van der Waals surface area contributed by atoms with Crippen LogP contribution in [0.5, 0.6) is 0 Å². The highest BCUT2D eigenvalue weighted by atomic mass is 16.5. The number of carbonyl (C=O) groups is 1. The van der Waals surface area contributed by atoms with Gasteiger partial charge in [-0.3, -0.25) is 4.79 Å². The molecule has 2 atom stereocenters. The van der Waals surface area contributed by atoms with Crippen molar-refractivity contribution < 1.29 is 9.53 Å². The van der Waals surface area contributed by atoms with Crippen molar-refractivity contribution in [2.24, 2.45) is 5.92 Å². The first kappa shape index (κ1) is 9.52. The van der Waals surface area contributed by atoms with Crippen LogP contribution >= 0.6 is 0 Å². The van der Waals surface area contributed by atoms with Crippen molar-refractivity contribution in [1.82, 2.24) is 5.32 Å². The maximum atomic E-state index is 11.3. The molecule has 12 heavy (non-hydrogen) atoms. The van der Waals surface area contributed by atoms with Crippen molar-refractivity contribution in [2.75, 3.05) is 13.2 Å². The highest BCUT2D eigenvalue weighted by Gasteiger charge is 2.26. The third-order valence-corrected chi connectivity index (χ3v) is 2.36. The predicted octanol–water partition coefficient (Wildman–Crippen LogP) is 0.938. The molecule has 1 heterocycles. The van der Waals surface area contributed by atoms with Gasteiger partial charge in [0.05, 0.1) is 12.5 Å². The minimum absolute atomic E-state index is 0.00690. The zero-order chi connectivity index (χ0) is 8.97. The smallest absolute Gasteiger partial charge is 0.310 e. The number of hydrogen-bond donors (Lipinski definition) is 1. The van der Waals surface area contributed by atoms with Crippen LogP contribution in [0.2, 0.25) is 0 Å². The van der Waals surface area contributed by atoms with Gasteiger partial charge >= 0.3 is 5.97 Å². The Labute approximate surface area is 73.5 Å². The van der Waals surface area contributed by atoms with Crippen LogP contribution in [0.1, 0.15) is 26.7 Å². The first-order chi connectivity index (χ1) is 5.75. The summed E-state index contributed by atoms with van der Waals surface area (Å²) < 4.78 is 4.94. The third-order valence-electron chi connectivity index (χ3n) is 2.36. The molecule has 0 saturated carbocycles. The zero-order valence-corrected chi connectivity index (χ0v) is 7.80. The number of esters is 1. The van der Waals surface area contributed by atoms with Crippen molar-refractivity contribution in [3.8, 4) is 0 Å². The fourth-order valence-corrected chi connectivity index (χ4v) is 1.58. The van der Waals surface area contributed by atoms with E-state index in [1.807, 2.05) is 13.8 Å². The van der Waals surface area contributed by atoms with Crippen LogP contribution in [-0.2, 0) is 9.53 Å². The number of nitrogens with one attached hydrogen (secondary N) is 1. The van der Waals surface area contributed by atoms with Crippen molar-refractivity contribution in [3.63, 3.8) is 0 Å². The molecule has 1 aliphatic heterocycles. The maximum Gasteiger partial charge on any atom is 0.310 e. The van der Waals surface area contributed by atoms with E-state index in [2.05, 4.69) is 5.32 Å². The van der Waals surface area contributed by atoms with Crippen LogP contribution in [0, 0.1) is 5.92 Å². The molecule has 70 valence electrons. The molecule has 1 rings (SSSR count). The Morgan fingerprint density at radius 3 is 3.00 bits per heavy atom. The van der Waals surface area contributed by atoms with Gasteiger partial charge in [-0.1, -0.05) is 6.92 Å². The van der Waals surface area contributed by atoms with E-state index in [-0.39, 0.29) is 11.9 Å². The van der Waals surface area contributed by atoms with Crippen molar-refractivity contribution in [3.05, 3.63) is 0 Å². The van der Waals surface area contributed by atoms with Crippen LogP contribution in [-0.4, -0.2) is 25.2 Å². The number of rotatable bonds is 3. The monoisotopic (exact) mass is 171 g/mol. The Balaban J connectivity index is 2.34. The van der Waals surface area contributed by atoms with Crippen LogP contribution in [0.3, 0.4) is 0 Å². The van der Waals surface area contributed by atoms with Crippen LogP contribution < -0.4 is 5.32 Å². The van der Waals surface area contributed by atoms with Gasteiger partial charge < -0.3 is 10.1 Å². The number of ether oxygens (including phenoxy) is 1. The van der Waals surface area contributed by atoms with Crippen LogP contribution in [0.25, 0.3) is 0 Å². The van der Waals surface area contributed by atoms with Crippen molar-refractivity contribution >= 4 is 5.97 Å². The van der Waals surface area contributed by atoms with Crippen LogP contribution in [0.15, 0.2) is 0 Å². The molecular weight excluding hydrogens is 154 g/mol. The van der Waals surface area contributed by atoms with Gasteiger partial charge in [-0.25, -0.2) is 0 Å². The van der Waals surface area contributed by atoms with E-state index in [4.69, 9.17) is 4.74 Å². The first-order valence-electron chi connectivity index (χ1n) is 4.65. The minimum Gasteiger partial charge on any atom is -0.466 e. The SMILES string of the molecule is CCOC(=O)C(C)C1CCCN1. The second kappa shape index (κ2) is 4.45. The summed E-state index contributed by atoms with van der Waals surface area (Å²) in [5.74, 6) is -0.0654. The first-order valence-corrected chi connectivity index (χ1v) is 4.65. The second-order valence-electron chi connectivity index (χ2n) is 3.24. The Bertz CT molecular complexity index is 153. The van der Waals surface area contributed by atoms with Gasteiger partial charge in [0.15, 0.2) is 0 Å². The number of hydrogen-bond acceptors (Lipinski definition) is 3. The van der Waals surface area contributed by atoms with Gasteiger partial charge in [0.25, 0.3) is 0 Å².